The lowest BCUT2D eigenvalue weighted by Crippen LogP contribution is -2.28. The second kappa shape index (κ2) is 3.34. The summed E-state index contributed by atoms with van der Waals surface area (Å²) in [5.41, 5.74) is 1.18. The zero-order valence-corrected chi connectivity index (χ0v) is 8.23. The fourth-order valence-corrected chi connectivity index (χ4v) is 1.75. The highest BCUT2D eigenvalue weighted by Crippen LogP contribution is 2.42. The van der Waals surface area contributed by atoms with Gasteiger partial charge in [0, 0.05) is 6.54 Å². The van der Waals surface area contributed by atoms with E-state index in [4.69, 9.17) is 0 Å². The Morgan fingerprint density at radius 1 is 1.47 bits per heavy atom. The number of fused-ring (bicyclic) bond motifs is 1. The third kappa shape index (κ3) is 1.36. The van der Waals surface area contributed by atoms with Gasteiger partial charge in [-0.3, -0.25) is 4.90 Å². The molecule has 0 atom stereocenters. The van der Waals surface area contributed by atoms with E-state index in [0.29, 0.717) is 18.7 Å². The van der Waals surface area contributed by atoms with Gasteiger partial charge < -0.3 is 14.9 Å². The molecule has 5 nitrogen and oxygen atoms in total. The molecule has 0 saturated carbocycles. The number of methoxy groups -OCH3 is 1. The summed E-state index contributed by atoms with van der Waals surface area (Å²) in [6.45, 7) is 0.457. The van der Waals surface area contributed by atoms with Gasteiger partial charge in [-0.25, -0.2) is 4.79 Å². The molecule has 1 aliphatic rings. The van der Waals surface area contributed by atoms with Crippen LogP contribution in [0.3, 0.4) is 0 Å². The Kier molecular flexibility index (Phi) is 2.15. The highest BCUT2D eigenvalue weighted by atomic mass is 16.5. The molecule has 1 aromatic carbocycles. The van der Waals surface area contributed by atoms with Crippen molar-refractivity contribution < 1.29 is 19.7 Å². The van der Waals surface area contributed by atoms with Gasteiger partial charge in [0.2, 0.25) is 0 Å². The zero-order chi connectivity index (χ0) is 11.0. The first-order chi connectivity index (χ1) is 7.15. The van der Waals surface area contributed by atoms with Crippen molar-refractivity contribution in [2.24, 2.45) is 0 Å². The minimum Gasteiger partial charge on any atom is -0.504 e. The molecule has 0 fully saturated rings. The van der Waals surface area contributed by atoms with Gasteiger partial charge in [-0.15, -0.1) is 0 Å². The number of phenols is 2. The minimum atomic E-state index is -0.533. The van der Waals surface area contributed by atoms with Gasteiger partial charge in [-0.2, -0.15) is 0 Å². The van der Waals surface area contributed by atoms with Crippen LogP contribution in [0.1, 0.15) is 5.56 Å². The highest BCUT2D eigenvalue weighted by molar-refractivity contribution is 5.93. The monoisotopic (exact) mass is 209 g/mol. The lowest BCUT2D eigenvalue weighted by molar-refractivity contribution is 0.179. The largest absolute Gasteiger partial charge is 0.504 e. The summed E-state index contributed by atoms with van der Waals surface area (Å²) in [5.74, 6) is -0.500. The SMILES string of the molecule is COC(=O)N1CCc2ccc(O)c(O)c21. The summed E-state index contributed by atoms with van der Waals surface area (Å²) in [7, 11) is 1.28. The van der Waals surface area contributed by atoms with Crippen molar-refractivity contribution in [3.8, 4) is 11.5 Å². The molecular formula is C10H11NO4. The average Bonchev–Trinajstić information content (AvgIpc) is 2.67. The van der Waals surface area contributed by atoms with Crippen LogP contribution in [0.25, 0.3) is 0 Å². The van der Waals surface area contributed by atoms with Gasteiger partial charge in [-0.1, -0.05) is 6.07 Å². The van der Waals surface area contributed by atoms with Crippen molar-refractivity contribution in [1.29, 1.82) is 0 Å². The maximum Gasteiger partial charge on any atom is 0.414 e. The fourth-order valence-electron chi connectivity index (χ4n) is 1.75. The summed E-state index contributed by atoms with van der Waals surface area (Å²) in [5, 5.41) is 19.0. The van der Waals surface area contributed by atoms with Crippen molar-refractivity contribution in [1.82, 2.24) is 0 Å². The smallest absolute Gasteiger partial charge is 0.414 e. The van der Waals surface area contributed by atoms with Crippen LogP contribution in [0.2, 0.25) is 0 Å². The van der Waals surface area contributed by atoms with Gasteiger partial charge in [0.1, 0.15) is 0 Å². The van der Waals surface area contributed by atoms with E-state index in [0.717, 1.165) is 5.56 Å². The number of rotatable bonds is 0. The summed E-state index contributed by atoms with van der Waals surface area (Å²) in [4.78, 5) is 12.7. The molecule has 0 saturated heterocycles. The molecule has 0 radical (unpaired) electrons. The Labute approximate surface area is 86.5 Å². The Morgan fingerprint density at radius 2 is 2.20 bits per heavy atom. The van der Waals surface area contributed by atoms with Crippen molar-refractivity contribution in [2.75, 3.05) is 18.6 Å². The van der Waals surface area contributed by atoms with E-state index >= 15 is 0 Å². The van der Waals surface area contributed by atoms with E-state index in [1.54, 1.807) is 6.07 Å². The van der Waals surface area contributed by atoms with Crippen LogP contribution in [0.4, 0.5) is 10.5 Å². The van der Waals surface area contributed by atoms with Gasteiger partial charge >= 0.3 is 6.09 Å². The number of amides is 1. The number of nitrogens with zero attached hydrogens (tertiary/aromatic N) is 1. The number of hydrogen-bond acceptors (Lipinski definition) is 4. The van der Waals surface area contributed by atoms with E-state index < -0.39 is 6.09 Å². The van der Waals surface area contributed by atoms with Gasteiger partial charge in [-0.05, 0) is 18.1 Å². The molecule has 1 aromatic rings. The Balaban J connectivity index is 2.49. The number of anilines is 1. The van der Waals surface area contributed by atoms with Gasteiger partial charge in [0.25, 0.3) is 0 Å². The lowest BCUT2D eigenvalue weighted by Gasteiger charge is -2.16. The second-order valence-corrected chi connectivity index (χ2v) is 3.31. The van der Waals surface area contributed by atoms with Crippen LogP contribution in [0.15, 0.2) is 12.1 Å². The lowest BCUT2D eigenvalue weighted by atomic mass is 10.1. The molecule has 2 rings (SSSR count). The molecule has 0 aliphatic carbocycles. The molecule has 80 valence electrons. The molecule has 15 heavy (non-hydrogen) atoms. The number of carbonyl (C=O) groups excluding carboxylic acids is 1. The second-order valence-electron chi connectivity index (χ2n) is 3.31. The molecule has 0 unspecified atom stereocenters. The van der Waals surface area contributed by atoms with Crippen molar-refractivity contribution >= 4 is 11.8 Å². The maximum absolute atomic E-state index is 11.4. The normalized spacial score (nSPS) is 13.8. The molecule has 0 spiro atoms. The summed E-state index contributed by atoms with van der Waals surface area (Å²) in [6, 6.07) is 3.10. The summed E-state index contributed by atoms with van der Waals surface area (Å²) >= 11 is 0. The van der Waals surface area contributed by atoms with Crippen molar-refractivity contribution in [2.45, 2.75) is 6.42 Å². The Hall–Kier alpha value is -1.91. The van der Waals surface area contributed by atoms with E-state index in [1.165, 1.54) is 18.1 Å². The standard InChI is InChI=1S/C10H11NO4/c1-15-10(14)11-5-4-6-2-3-7(12)9(13)8(6)11/h2-3,12-13H,4-5H2,1H3. The molecule has 0 aromatic heterocycles. The number of carbonyl (C=O) groups is 1. The van der Waals surface area contributed by atoms with Crippen LogP contribution in [0.5, 0.6) is 11.5 Å². The van der Waals surface area contributed by atoms with E-state index in [9.17, 15) is 15.0 Å². The number of phenolic OH excluding ortho intramolecular Hbond substituents is 2. The number of hydrogen-bond donors (Lipinski definition) is 2. The molecule has 1 heterocycles. The van der Waals surface area contributed by atoms with Crippen LogP contribution < -0.4 is 4.90 Å². The predicted octanol–water partition coefficient (Wildman–Crippen LogP) is 1.23. The highest BCUT2D eigenvalue weighted by Gasteiger charge is 2.29. The molecule has 0 bridgehead atoms. The number of ether oxygens (including phenoxy) is 1. The van der Waals surface area contributed by atoms with Crippen LogP contribution in [0, 0.1) is 0 Å². The first-order valence-corrected chi connectivity index (χ1v) is 4.54. The van der Waals surface area contributed by atoms with Crippen LogP contribution in [-0.2, 0) is 11.2 Å². The van der Waals surface area contributed by atoms with E-state index in [2.05, 4.69) is 4.74 Å². The van der Waals surface area contributed by atoms with Gasteiger partial charge in [0.15, 0.2) is 11.5 Å². The van der Waals surface area contributed by atoms with Crippen molar-refractivity contribution in [3.63, 3.8) is 0 Å². The Bertz CT molecular complexity index is 416. The molecule has 1 aliphatic heterocycles. The quantitative estimate of drug-likeness (QED) is 0.630. The average molecular weight is 209 g/mol. The summed E-state index contributed by atoms with van der Waals surface area (Å²) in [6.07, 6.45) is 0.118. The first-order valence-electron chi connectivity index (χ1n) is 4.54. The molecular weight excluding hydrogens is 198 g/mol. The third-order valence-electron chi connectivity index (χ3n) is 2.48. The fraction of sp³-hybridized carbons (Fsp3) is 0.300. The zero-order valence-electron chi connectivity index (χ0n) is 8.23. The van der Waals surface area contributed by atoms with Crippen LogP contribution in [-0.4, -0.2) is 30.0 Å². The third-order valence-corrected chi connectivity index (χ3v) is 2.48. The van der Waals surface area contributed by atoms with E-state index in [-0.39, 0.29) is 11.5 Å². The van der Waals surface area contributed by atoms with Gasteiger partial charge in [0.05, 0.1) is 12.8 Å². The molecule has 2 N–H and O–H groups in total. The topological polar surface area (TPSA) is 70.0 Å². The van der Waals surface area contributed by atoms with E-state index in [1.807, 2.05) is 0 Å². The first kappa shape index (κ1) is 9.64. The summed E-state index contributed by atoms with van der Waals surface area (Å²) < 4.78 is 4.58. The van der Waals surface area contributed by atoms with Crippen molar-refractivity contribution in [3.05, 3.63) is 17.7 Å². The maximum atomic E-state index is 11.4. The number of benzene rings is 1. The molecule has 1 amide bonds. The van der Waals surface area contributed by atoms with Crippen LogP contribution >= 0.6 is 0 Å². The number of aromatic hydroxyl groups is 2. The predicted molar refractivity (Wildman–Crippen MR) is 53.2 cm³/mol. The Morgan fingerprint density at radius 3 is 2.87 bits per heavy atom. The minimum absolute atomic E-state index is 0.232. The molecule has 5 heteroatoms.